The van der Waals surface area contributed by atoms with Gasteiger partial charge in [-0.15, -0.1) is 11.3 Å². The van der Waals surface area contributed by atoms with Gasteiger partial charge < -0.3 is 10.0 Å². The highest BCUT2D eigenvalue weighted by Gasteiger charge is 2.35. The van der Waals surface area contributed by atoms with E-state index in [9.17, 15) is 19.1 Å². The third-order valence-electron chi connectivity index (χ3n) is 4.03. The van der Waals surface area contributed by atoms with Gasteiger partial charge >= 0.3 is 5.97 Å². The molecule has 1 aromatic heterocycles. The SMILES string of the molecule is Cc1cc(C(=O)N2CCC[C@H]2C(=O)O)sc1-c1ccc(F)cc1. The summed E-state index contributed by atoms with van der Waals surface area (Å²) >= 11 is 1.32. The number of carboxylic acid groups (broad SMARTS) is 1. The van der Waals surface area contributed by atoms with Crippen molar-refractivity contribution in [1.82, 2.24) is 4.90 Å². The Hall–Kier alpha value is -2.21. The summed E-state index contributed by atoms with van der Waals surface area (Å²) in [4.78, 5) is 26.7. The lowest BCUT2D eigenvalue weighted by atomic mass is 10.1. The molecule has 6 heteroatoms. The molecule has 120 valence electrons. The van der Waals surface area contributed by atoms with Crippen molar-refractivity contribution in [2.24, 2.45) is 0 Å². The van der Waals surface area contributed by atoms with E-state index < -0.39 is 12.0 Å². The second kappa shape index (κ2) is 6.12. The summed E-state index contributed by atoms with van der Waals surface area (Å²) < 4.78 is 13.0. The minimum Gasteiger partial charge on any atom is -0.480 e. The first kappa shape index (κ1) is 15.7. The topological polar surface area (TPSA) is 57.6 Å². The number of aryl methyl sites for hydroxylation is 1. The van der Waals surface area contributed by atoms with Crippen molar-refractivity contribution in [3.8, 4) is 10.4 Å². The fourth-order valence-electron chi connectivity index (χ4n) is 2.88. The predicted molar refractivity (Wildman–Crippen MR) is 86.1 cm³/mol. The van der Waals surface area contributed by atoms with Crippen LogP contribution in [0, 0.1) is 12.7 Å². The number of carbonyl (C=O) groups is 2. The van der Waals surface area contributed by atoms with Crippen molar-refractivity contribution >= 4 is 23.2 Å². The van der Waals surface area contributed by atoms with E-state index in [1.807, 2.05) is 6.92 Å². The first-order chi connectivity index (χ1) is 11.0. The van der Waals surface area contributed by atoms with Gasteiger partial charge in [-0.1, -0.05) is 12.1 Å². The van der Waals surface area contributed by atoms with Gasteiger partial charge in [0, 0.05) is 11.4 Å². The molecular weight excluding hydrogens is 317 g/mol. The molecule has 2 aromatic rings. The lowest BCUT2D eigenvalue weighted by Gasteiger charge is -2.20. The average Bonchev–Trinajstić information content (AvgIpc) is 3.14. The quantitative estimate of drug-likeness (QED) is 0.934. The molecule has 1 amide bonds. The third kappa shape index (κ3) is 2.99. The van der Waals surface area contributed by atoms with Crippen LogP contribution in [-0.2, 0) is 4.79 Å². The van der Waals surface area contributed by atoms with Crippen molar-refractivity contribution in [2.75, 3.05) is 6.54 Å². The molecule has 1 N–H and O–H groups in total. The highest BCUT2D eigenvalue weighted by Crippen LogP contribution is 2.34. The molecule has 0 unspecified atom stereocenters. The normalized spacial score (nSPS) is 17.5. The van der Waals surface area contributed by atoms with Crippen LogP contribution in [0.15, 0.2) is 30.3 Å². The average molecular weight is 333 g/mol. The zero-order chi connectivity index (χ0) is 16.6. The predicted octanol–water partition coefficient (Wildman–Crippen LogP) is 3.55. The van der Waals surface area contributed by atoms with E-state index in [1.165, 1.54) is 28.4 Å². The highest BCUT2D eigenvalue weighted by molar-refractivity contribution is 7.17. The fourth-order valence-corrected chi connectivity index (χ4v) is 4.02. The Balaban J connectivity index is 1.90. The minimum atomic E-state index is -0.956. The molecule has 1 atom stereocenters. The van der Waals surface area contributed by atoms with Gasteiger partial charge in [0.1, 0.15) is 11.9 Å². The van der Waals surface area contributed by atoms with Crippen LogP contribution in [0.25, 0.3) is 10.4 Å². The summed E-state index contributed by atoms with van der Waals surface area (Å²) in [5.74, 6) is -1.50. The molecule has 1 fully saturated rings. The zero-order valence-corrected chi connectivity index (χ0v) is 13.4. The van der Waals surface area contributed by atoms with E-state index in [4.69, 9.17) is 0 Å². The number of carboxylic acids is 1. The van der Waals surface area contributed by atoms with Crippen molar-refractivity contribution in [3.05, 3.63) is 46.6 Å². The second-order valence-corrected chi connectivity index (χ2v) is 6.68. The minimum absolute atomic E-state index is 0.239. The first-order valence-corrected chi connectivity index (χ1v) is 8.19. The largest absolute Gasteiger partial charge is 0.480 e. The number of hydrogen-bond acceptors (Lipinski definition) is 3. The van der Waals surface area contributed by atoms with Crippen LogP contribution in [0.2, 0.25) is 0 Å². The van der Waals surface area contributed by atoms with Crippen molar-refractivity contribution in [3.63, 3.8) is 0 Å². The molecule has 1 aliphatic rings. The lowest BCUT2D eigenvalue weighted by molar-refractivity contribution is -0.141. The van der Waals surface area contributed by atoms with Crippen molar-refractivity contribution in [1.29, 1.82) is 0 Å². The van der Waals surface area contributed by atoms with E-state index in [2.05, 4.69) is 0 Å². The van der Waals surface area contributed by atoms with E-state index in [-0.39, 0.29) is 11.7 Å². The van der Waals surface area contributed by atoms with Crippen LogP contribution in [0.4, 0.5) is 4.39 Å². The van der Waals surface area contributed by atoms with E-state index >= 15 is 0 Å². The summed E-state index contributed by atoms with van der Waals surface area (Å²) in [5, 5.41) is 9.22. The number of hydrogen-bond donors (Lipinski definition) is 1. The number of thiophene rings is 1. The maximum atomic E-state index is 13.0. The van der Waals surface area contributed by atoms with Crippen LogP contribution in [0.3, 0.4) is 0 Å². The molecule has 0 spiro atoms. The Morgan fingerprint density at radius 3 is 2.65 bits per heavy atom. The van der Waals surface area contributed by atoms with Crippen LogP contribution in [0.1, 0.15) is 28.1 Å². The number of carbonyl (C=O) groups excluding carboxylic acids is 1. The molecule has 0 aliphatic carbocycles. The standard InChI is InChI=1S/C17H16FNO3S/c1-10-9-14(16(20)19-8-2-3-13(19)17(21)22)23-15(10)11-4-6-12(18)7-5-11/h4-7,9,13H,2-3,8H2,1H3,(H,21,22)/t13-/m0/s1. The smallest absolute Gasteiger partial charge is 0.326 e. The Kier molecular flexibility index (Phi) is 4.17. The summed E-state index contributed by atoms with van der Waals surface area (Å²) in [6.45, 7) is 2.36. The molecular formula is C17H16FNO3S. The Morgan fingerprint density at radius 1 is 1.30 bits per heavy atom. The van der Waals surface area contributed by atoms with Gasteiger partial charge in [0.2, 0.25) is 0 Å². The lowest BCUT2D eigenvalue weighted by Crippen LogP contribution is -2.40. The number of aliphatic carboxylic acids is 1. The van der Waals surface area contributed by atoms with Crippen LogP contribution >= 0.6 is 11.3 Å². The second-order valence-electron chi connectivity index (χ2n) is 5.62. The molecule has 1 saturated heterocycles. The molecule has 2 heterocycles. The number of benzene rings is 1. The number of nitrogens with zero attached hydrogens (tertiary/aromatic N) is 1. The van der Waals surface area contributed by atoms with Crippen molar-refractivity contribution in [2.45, 2.75) is 25.8 Å². The monoisotopic (exact) mass is 333 g/mol. The van der Waals surface area contributed by atoms with Gasteiger partial charge in [-0.25, -0.2) is 9.18 Å². The molecule has 3 rings (SSSR count). The molecule has 23 heavy (non-hydrogen) atoms. The van der Waals surface area contributed by atoms with Crippen LogP contribution in [0.5, 0.6) is 0 Å². The molecule has 0 radical (unpaired) electrons. The number of likely N-dealkylation sites (tertiary alicyclic amines) is 1. The van der Waals surface area contributed by atoms with E-state index in [0.717, 1.165) is 16.0 Å². The Morgan fingerprint density at radius 2 is 2.00 bits per heavy atom. The summed E-state index contributed by atoms with van der Waals surface area (Å²) in [7, 11) is 0. The number of amides is 1. The number of halogens is 1. The van der Waals surface area contributed by atoms with Gasteiger partial charge in [0.05, 0.1) is 4.88 Å². The molecule has 0 bridgehead atoms. The molecule has 0 saturated carbocycles. The van der Waals surface area contributed by atoms with Gasteiger partial charge in [0.15, 0.2) is 0 Å². The zero-order valence-electron chi connectivity index (χ0n) is 12.6. The molecule has 4 nitrogen and oxygen atoms in total. The summed E-state index contributed by atoms with van der Waals surface area (Å²) in [6, 6.07) is 7.17. The maximum absolute atomic E-state index is 13.0. The Bertz CT molecular complexity index is 754. The Labute approximate surface area is 137 Å². The van der Waals surface area contributed by atoms with Crippen LogP contribution < -0.4 is 0 Å². The summed E-state index contributed by atoms with van der Waals surface area (Å²) in [5.41, 5.74) is 1.78. The molecule has 1 aromatic carbocycles. The maximum Gasteiger partial charge on any atom is 0.326 e. The van der Waals surface area contributed by atoms with Crippen molar-refractivity contribution < 1.29 is 19.1 Å². The van der Waals surface area contributed by atoms with Gasteiger partial charge in [-0.05, 0) is 49.1 Å². The fraction of sp³-hybridized carbons (Fsp3) is 0.294. The van der Waals surface area contributed by atoms with Gasteiger partial charge in [-0.3, -0.25) is 4.79 Å². The van der Waals surface area contributed by atoms with Crippen LogP contribution in [-0.4, -0.2) is 34.5 Å². The van der Waals surface area contributed by atoms with E-state index in [1.54, 1.807) is 18.2 Å². The van der Waals surface area contributed by atoms with Gasteiger partial charge in [-0.2, -0.15) is 0 Å². The van der Waals surface area contributed by atoms with E-state index in [0.29, 0.717) is 24.3 Å². The van der Waals surface area contributed by atoms with Gasteiger partial charge in [0.25, 0.3) is 5.91 Å². The number of rotatable bonds is 3. The first-order valence-electron chi connectivity index (χ1n) is 7.37. The summed E-state index contributed by atoms with van der Waals surface area (Å²) in [6.07, 6.45) is 1.20. The molecule has 1 aliphatic heterocycles. The third-order valence-corrected chi connectivity index (χ3v) is 5.31. The highest BCUT2D eigenvalue weighted by atomic mass is 32.1.